The first-order chi connectivity index (χ1) is 23.3. The molecule has 3 aromatic carbocycles. The Bertz CT molecular complexity index is 1540. The van der Waals surface area contributed by atoms with Gasteiger partial charge in [0.05, 0.1) is 39.0 Å². The molecule has 1 saturated carbocycles. The van der Waals surface area contributed by atoms with E-state index < -0.39 is 18.1 Å². The first kappa shape index (κ1) is 34.9. The summed E-state index contributed by atoms with van der Waals surface area (Å²) in [6, 6.07) is 17.5. The van der Waals surface area contributed by atoms with Crippen LogP contribution < -0.4 is 20.3 Å². The van der Waals surface area contributed by atoms with Gasteiger partial charge in [0.1, 0.15) is 17.6 Å². The quantitative estimate of drug-likeness (QED) is 0.198. The number of methoxy groups -OCH3 is 2. The van der Waals surface area contributed by atoms with Crippen molar-refractivity contribution in [3.05, 3.63) is 94.8 Å². The Labute approximate surface area is 282 Å². The second-order valence-corrected chi connectivity index (χ2v) is 12.7. The Morgan fingerprint density at radius 3 is 2.48 bits per heavy atom. The number of amides is 2. The number of nitrogens with one attached hydrogen (secondary N) is 2. The third-order valence-corrected chi connectivity index (χ3v) is 9.33. The number of ether oxygens (including phenoxy) is 3. The van der Waals surface area contributed by atoms with Crippen molar-refractivity contribution >= 4 is 23.5 Å². The largest absolute Gasteiger partial charge is 0.497 e. The van der Waals surface area contributed by atoms with E-state index in [9.17, 15) is 18.8 Å². The van der Waals surface area contributed by atoms with Crippen molar-refractivity contribution in [1.29, 1.82) is 0 Å². The summed E-state index contributed by atoms with van der Waals surface area (Å²) in [5, 5.41) is 6.20. The minimum atomic E-state index is -0.737. The number of benzene rings is 3. The maximum absolute atomic E-state index is 14.0. The predicted octanol–water partition coefficient (Wildman–Crippen LogP) is 5.84. The van der Waals surface area contributed by atoms with Crippen LogP contribution in [-0.2, 0) is 27.3 Å². The summed E-state index contributed by atoms with van der Waals surface area (Å²) in [4.78, 5) is 41.4. The van der Waals surface area contributed by atoms with Crippen LogP contribution in [0.3, 0.4) is 0 Å². The Balaban J connectivity index is 1.30. The molecule has 1 heterocycles. The van der Waals surface area contributed by atoms with E-state index in [0.29, 0.717) is 48.7 Å². The first-order valence-electron chi connectivity index (χ1n) is 16.9. The van der Waals surface area contributed by atoms with Crippen LogP contribution in [-0.4, -0.2) is 63.8 Å². The van der Waals surface area contributed by atoms with Crippen LogP contribution in [0.4, 0.5) is 10.1 Å². The number of nitrogens with zero attached hydrogens (tertiary/aromatic N) is 1. The van der Waals surface area contributed by atoms with Crippen molar-refractivity contribution in [2.45, 2.75) is 70.1 Å². The molecular formula is C38H46FN3O6. The molecule has 1 fully saturated rings. The number of esters is 1. The smallest absolute Gasteiger partial charge is 0.337 e. The third kappa shape index (κ3) is 9.56. The Hall–Kier alpha value is -4.44. The highest BCUT2D eigenvalue weighted by Crippen LogP contribution is 2.29. The predicted molar refractivity (Wildman–Crippen MR) is 182 cm³/mol. The second-order valence-electron chi connectivity index (χ2n) is 12.7. The van der Waals surface area contributed by atoms with Crippen LogP contribution >= 0.6 is 0 Å². The molecule has 9 nitrogen and oxygen atoms in total. The lowest BCUT2D eigenvalue weighted by Gasteiger charge is -2.29. The molecule has 0 unspecified atom stereocenters. The molecule has 48 heavy (non-hydrogen) atoms. The van der Waals surface area contributed by atoms with E-state index in [1.54, 1.807) is 67.8 Å². The summed E-state index contributed by atoms with van der Waals surface area (Å²) in [5.41, 5.74) is 3.61. The van der Waals surface area contributed by atoms with Gasteiger partial charge >= 0.3 is 5.97 Å². The first-order valence-corrected chi connectivity index (χ1v) is 16.9. The lowest BCUT2D eigenvalue weighted by molar-refractivity contribution is -0.124. The Morgan fingerprint density at radius 1 is 0.938 bits per heavy atom. The molecule has 256 valence electrons. The van der Waals surface area contributed by atoms with Gasteiger partial charge in [-0.25, -0.2) is 9.18 Å². The van der Waals surface area contributed by atoms with Crippen molar-refractivity contribution in [3.63, 3.8) is 0 Å². The number of hydrogen-bond acceptors (Lipinski definition) is 7. The topological polar surface area (TPSA) is 106 Å². The van der Waals surface area contributed by atoms with E-state index in [1.807, 2.05) is 0 Å². The van der Waals surface area contributed by atoms with E-state index >= 15 is 0 Å². The van der Waals surface area contributed by atoms with Gasteiger partial charge in [0, 0.05) is 24.3 Å². The second kappa shape index (κ2) is 17.1. The molecule has 10 heteroatoms. The van der Waals surface area contributed by atoms with E-state index in [4.69, 9.17) is 14.2 Å². The molecule has 1 aliphatic heterocycles. The highest BCUT2D eigenvalue weighted by atomic mass is 19.1. The van der Waals surface area contributed by atoms with E-state index in [0.717, 1.165) is 36.1 Å². The van der Waals surface area contributed by atoms with Gasteiger partial charge in [-0.05, 0) is 84.8 Å². The van der Waals surface area contributed by atoms with Crippen LogP contribution in [0.1, 0.15) is 76.8 Å². The molecule has 2 aliphatic rings. The molecule has 0 saturated heterocycles. The van der Waals surface area contributed by atoms with Crippen LogP contribution in [0.15, 0.2) is 66.7 Å². The summed E-state index contributed by atoms with van der Waals surface area (Å²) in [7, 11) is 2.89. The molecule has 3 aromatic rings. The van der Waals surface area contributed by atoms with Crippen molar-refractivity contribution in [2.75, 3.05) is 38.8 Å². The lowest BCUT2D eigenvalue weighted by atomic mass is 9.85. The average molecular weight is 660 g/mol. The maximum atomic E-state index is 14.0. The fourth-order valence-corrected chi connectivity index (χ4v) is 6.66. The average Bonchev–Trinajstić information content (AvgIpc) is 3.51. The number of fused-ring (bicyclic) bond motifs is 1. The molecule has 1 aliphatic carbocycles. The van der Waals surface area contributed by atoms with Crippen LogP contribution in [0.5, 0.6) is 5.75 Å². The summed E-state index contributed by atoms with van der Waals surface area (Å²) in [6.45, 7) is 1.62. The van der Waals surface area contributed by atoms with Gasteiger partial charge in [-0.1, -0.05) is 50.3 Å². The van der Waals surface area contributed by atoms with Gasteiger partial charge in [-0.2, -0.15) is 0 Å². The maximum Gasteiger partial charge on any atom is 0.337 e. The standard InChI is InChI=1S/C38H46FN3O6/c1-46-33-10-6-9-30(22-33)36(43)41-34(17-13-26-7-4-3-5-8-26)37(44)40-32(23-42-20-19-29-21-31(39)16-18-35(29)42)25-48-24-27-11-14-28(15-12-27)38(45)47-2/h6,9-12,14-16,18,21-22,26,32,34H,3-5,7-8,13,17,19-20,23-25H2,1-2H3,(H,40,44)(H,41,43)/t32-,34+/m1/s1. The Kier molecular flexibility index (Phi) is 12.4. The van der Waals surface area contributed by atoms with Crippen molar-refractivity contribution in [2.24, 2.45) is 5.92 Å². The number of rotatable bonds is 15. The normalized spacial score (nSPS) is 15.7. The van der Waals surface area contributed by atoms with Crippen molar-refractivity contribution in [3.8, 4) is 5.75 Å². The molecule has 0 radical (unpaired) electrons. The van der Waals surface area contributed by atoms with Gasteiger partial charge in [0.25, 0.3) is 5.91 Å². The number of anilines is 1. The zero-order valence-electron chi connectivity index (χ0n) is 27.8. The summed E-state index contributed by atoms with van der Waals surface area (Å²) in [5.74, 6) is -0.182. The molecule has 2 atom stereocenters. The summed E-state index contributed by atoms with van der Waals surface area (Å²) in [6.07, 6.45) is 8.02. The van der Waals surface area contributed by atoms with Crippen LogP contribution in [0.25, 0.3) is 0 Å². The van der Waals surface area contributed by atoms with E-state index in [-0.39, 0.29) is 30.8 Å². The molecule has 0 spiro atoms. The number of hydrogen-bond donors (Lipinski definition) is 2. The van der Waals surface area contributed by atoms with Crippen molar-refractivity contribution < 1.29 is 33.0 Å². The summed E-state index contributed by atoms with van der Waals surface area (Å²) >= 11 is 0. The molecule has 2 amide bonds. The van der Waals surface area contributed by atoms with Crippen LogP contribution in [0.2, 0.25) is 0 Å². The zero-order valence-corrected chi connectivity index (χ0v) is 27.8. The monoisotopic (exact) mass is 659 g/mol. The van der Waals surface area contributed by atoms with Crippen LogP contribution in [0, 0.1) is 11.7 Å². The molecule has 5 rings (SSSR count). The van der Waals surface area contributed by atoms with Gasteiger partial charge in [0.15, 0.2) is 0 Å². The fourth-order valence-electron chi connectivity index (χ4n) is 6.66. The minimum Gasteiger partial charge on any atom is -0.497 e. The molecular weight excluding hydrogens is 613 g/mol. The molecule has 0 aromatic heterocycles. The van der Waals surface area contributed by atoms with Gasteiger partial charge in [-0.3, -0.25) is 9.59 Å². The molecule has 0 bridgehead atoms. The van der Waals surface area contributed by atoms with E-state index in [2.05, 4.69) is 15.5 Å². The molecule has 2 N–H and O–H groups in total. The van der Waals surface area contributed by atoms with Gasteiger partial charge < -0.3 is 29.7 Å². The zero-order chi connectivity index (χ0) is 33.9. The van der Waals surface area contributed by atoms with Gasteiger partial charge in [-0.15, -0.1) is 0 Å². The van der Waals surface area contributed by atoms with Gasteiger partial charge in [0.2, 0.25) is 5.91 Å². The third-order valence-electron chi connectivity index (χ3n) is 9.33. The van der Waals surface area contributed by atoms with Crippen molar-refractivity contribution in [1.82, 2.24) is 10.6 Å². The minimum absolute atomic E-state index is 0.205. The summed E-state index contributed by atoms with van der Waals surface area (Å²) < 4.78 is 30.1. The highest BCUT2D eigenvalue weighted by molar-refractivity contribution is 5.98. The number of halogens is 1. The lowest BCUT2D eigenvalue weighted by Crippen LogP contribution is -2.53. The Morgan fingerprint density at radius 2 is 1.73 bits per heavy atom. The number of carbonyl (C=O) groups is 3. The number of carbonyl (C=O) groups excluding carboxylic acids is 3. The highest BCUT2D eigenvalue weighted by Gasteiger charge is 2.28. The van der Waals surface area contributed by atoms with E-state index in [1.165, 1.54) is 32.4 Å². The fraction of sp³-hybridized carbons (Fsp3) is 0.447. The SMILES string of the molecule is COC(=O)c1ccc(COC[C@@H](CN2CCc3cc(F)ccc32)NC(=O)[C@H](CCC2CCCCC2)NC(=O)c2cccc(OC)c2)cc1.